The second-order valence-corrected chi connectivity index (χ2v) is 11.0. The van der Waals surface area contributed by atoms with Gasteiger partial charge in [-0.1, -0.05) is 11.6 Å². The number of amides is 2. The number of hydrogen-bond donors (Lipinski definition) is 3. The molecule has 1 heterocycles. The van der Waals surface area contributed by atoms with Crippen LogP contribution in [-0.2, 0) is 14.4 Å². The third-order valence-electron chi connectivity index (χ3n) is 7.41. The van der Waals surface area contributed by atoms with Crippen molar-refractivity contribution in [1.29, 1.82) is 0 Å². The zero-order valence-electron chi connectivity index (χ0n) is 26.4. The normalized spacial score (nSPS) is 12.8. The molecule has 4 aromatic rings. The summed E-state index contributed by atoms with van der Waals surface area (Å²) in [5, 5.41) is 15.1. The van der Waals surface area contributed by atoms with E-state index >= 15 is 0 Å². The predicted octanol–water partition coefficient (Wildman–Crippen LogP) is 4.33. The second kappa shape index (κ2) is 16.0. The number of rotatable bonds is 14. The molecule has 0 atom stereocenters. The van der Waals surface area contributed by atoms with Crippen LogP contribution < -0.4 is 76.2 Å². The molecule has 3 aromatic carbocycles. The van der Waals surface area contributed by atoms with Gasteiger partial charge in [0.2, 0.25) is 11.8 Å². The number of methoxy groups -OCH3 is 1. The maximum Gasteiger partial charge on any atom is 1.00 e. The van der Waals surface area contributed by atoms with Gasteiger partial charge in [-0.3, -0.25) is 19.4 Å². The first-order chi connectivity index (χ1) is 21.7. The van der Waals surface area contributed by atoms with Crippen LogP contribution >= 0.6 is 11.6 Å². The number of benzene rings is 3. The summed E-state index contributed by atoms with van der Waals surface area (Å²) < 4.78 is 30.8. The molecule has 0 radical (unpaired) electrons. The van der Waals surface area contributed by atoms with Crippen molar-refractivity contribution in [2.75, 3.05) is 24.4 Å². The van der Waals surface area contributed by atoms with Crippen LogP contribution in [0, 0.1) is 11.2 Å². The van der Waals surface area contributed by atoms with E-state index < -0.39 is 29.0 Å². The number of anilines is 2. The van der Waals surface area contributed by atoms with E-state index in [1.54, 1.807) is 36.5 Å². The van der Waals surface area contributed by atoms with Gasteiger partial charge in [-0.05, 0) is 86.7 Å². The van der Waals surface area contributed by atoms with Gasteiger partial charge >= 0.3 is 57.4 Å². The fourth-order valence-electron chi connectivity index (χ4n) is 4.72. The van der Waals surface area contributed by atoms with Crippen molar-refractivity contribution in [1.82, 2.24) is 4.98 Å². The van der Waals surface area contributed by atoms with Gasteiger partial charge in [-0.15, -0.1) is 0 Å². The molecule has 1 aromatic heterocycles. The minimum Gasteiger partial charge on any atom is -1.00 e. The number of unbranched alkanes of at least 4 members (excludes halogenated alkanes) is 2. The number of carboxylic acid groups (broad SMARTS) is 1. The predicted molar refractivity (Wildman–Crippen MR) is 168 cm³/mol. The van der Waals surface area contributed by atoms with Crippen molar-refractivity contribution in [3.05, 3.63) is 77.7 Å². The van der Waals surface area contributed by atoms with Gasteiger partial charge in [0.25, 0.3) is 0 Å². The van der Waals surface area contributed by atoms with Crippen LogP contribution in [0.2, 0.25) is 5.02 Å². The topological polar surface area (TPSA) is 136 Å². The summed E-state index contributed by atoms with van der Waals surface area (Å²) >= 11 is 6.54. The van der Waals surface area contributed by atoms with E-state index in [0.717, 1.165) is 6.42 Å². The van der Waals surface area contributed by atoms with E-state index in [0.29, 0.717) is 77.6 Å². The number of nitrogens with zero attached hydrogens (tertiary/aromatic N) is 1. The number of carboxylic acids is 1. The molecular weight excluding hydrogens is 644 g/mol. The largest absolute Gasteiger partial charge is 1.00 e. The molecule has 2 amide bonds. The van der Waals surface area contributed by atoms with E-state index in [2.05, 4.69) is 15.6 Å². The molecule has 0 unspecified atom stereocenters. The summed E-state index contributed by atoms with van der Waals surface area (Å²) in [5.74, 6) is -0.373. The summed E-state index contributed by atoms with van der Waals surface area (Å²) in [6, 6.07) is 15.3. The monoisotopic (exact) mass is 675 g/mol. The Morgan fingerprint density at radius 3 is 2.26 bits per heavy atom. The van der Waals surface area contributed by atoms with Gasteiger partial charge in [0.15, 0.2) is 11.5 Å². The molecule has 5 rings (SSSR count). The fraction of sp³-hybridized carbons (Fsp3) is 0.273. The van der Waals surface area contributed by atoms with Crippen molar-refractivity contribution in [3.63, 3.8) is 0 Å². The molecule has 236 valence electrons. The molecule has 1 fully saturated rings. The van der Waals surface area contributed by atoms with Gasteiger partial charge in [0.05, 0.1) is 24.3 Å². The number of halogens is 2. The summed E-state index contributed by atoms with van der Waals surface area (Å²) in [6.45, 7) is 0.399. The van der Waals surface area contributed by atoms with Gasteiger partial charge in [0.1, 0.15) is 22.7 Å². The van der Waals surface area contributed by atoms with Crippen LogP contribution in [0.4, 0.5) is 15.8 Å². The Labute approximate surface area is 313 Å². The Bertz CT molecular complexity index is 1740. The first kappa shape index (κ1) is 35.6. The zero-order valence-corrected chi connectivity index (χ0v) is 29.3. The van der Waals surface area contributed by atoms with E-state index in [-0.39, 0.29) is 64.3 Å². The fourth-order valence-corrected chi connectivity index (χ4v) is 4.94. The molecule has 46 heavy (non-hydrogen) atoms. The minimum atomic E-state index is -1.21. The maximum absolute atomic E-state index is 13.2. The third kappa shape index (κ3) is 8.75. The number of carbonyl (C=O) groups excluding carboxylic acids is 2. The van der Waals surface area contributed by atoms with Crippen LogP contribution in [0.15, 0.2) is 66.9 Å². The molecule has 0 aliphatic heterocycles. The molecule has 13 heteroatoms. The van der Waals surface area contributed by atoms with E-state index in [1.165, 1.54) is 37.4 Å². The number of ether oxygens (including phenoxy) is 3. The number of pyridine rings is 1. The minimum absolute atomic E-state index is 0. The standard InChI is InChI=1S/C33H31ClFN3O7.K.H/c1-43-28-18-23-25(19-29(28)44-16-4-2-3-5-30(39)40)36-15-12-26(23)45-27-11-10-22(17-24(27)34)38-32(42)33(13-14-33)31(41)37-21-8-6-20(35)7-9-21;;/h6-12,15,17-19H,2-5,13-14,16H2,1H3,(H,37,41)(H,38,42)(H,39,40);;/q;+1;-1. The second-order valence-electron chi connectivity index (χ2n) is 10.6. The van der Waals surface area contributed by atoms with Crippen molar-refractivity contribution >= 4 is 51.7 Å². The van der Waals surface area contributed by atoms with E-state index in [1.807, 2.05) is 0 Å². The SMILES string of the molecule is COc1cc2c(Oc3ccc(NC(=O)C4(C(=O)Nc5ccc(F)cc5)CC4)cc3Cl)ccnc2cc1OCCCCCC(=O)O.[H-].[K+]. The Morgan fingerprint density at radius 2 is 1.61 bits per heavy atom. The number of aromatic nitrogens is 1. The van der Waals surface area contributed by atoms with E-state index in [9.17, 15) is 18.8 Å². The Hall–Kier alpha value is -3.26. The average molecular weight is 676 g/mol. The molecule has 10 nitrogen and oxygen atoms in total. The van der Waals surface area contributed by atoms with Crippen molar-refractivity contribution in [3.8, 4) is 23.0 Å². The van der Waals surface area contributed by atoms with E-state index in [4.69, 9.17) is 30.9 Å². The molecule has 1 aliphatic rings. The quantitative estimate of drug-likeness (QED) is 0.102. The van der Waals surface area contributed by atoms with Crippen molar-refractivity contribution in [2.45, 2.75) is 38.5 Å². The van der Waals surface area contributed by atoms with Crippen LogP contribution in [0.1, 0.15) is 40.0 Å². The van der Waals surface area contributed by atoms with Crippen LogP contribution in [0.25, 0.3) is 10.9 Å². The number of fused-ring (bicyclic) bond motifs is 1. The van der Waals surface area contributed by atoms with Gasteiger partial charge in [0, 0.05) is 35.4 Å². The molecule has 1 aliphatic carbocycles. The first-order valence-corrected chi connectivity index (χ1v) is 14.7. The van der Waals surface area contributed by atoms with Gasteiger partial charge in [-0.2, -0.15) is 0 Å². The number of aliphatic carboxylic acids is 1. The van der Waals surface area contributed by atoms with Gasteiger partial charge in [-0.25, -0.2) is 4.39 Å². The first-order valence-electron chi connectivity index (χ1n) is 14.4. The number of carbonyl (C=O) groups is 3. The average Bonchev–Trinajstić information content (AvgIpc) is 3.83. The molecule has 1 saturated carbocycles. The maximum atomic E-state index is 13.2. The van der Waals surface area contributed by atoms with Crippen LogP contribution in [-0.4, -0.2) is 41.6 Å². The smallest absolute Gasteiger partial charge is 1.00 e. The van der Waals surface area contributed by atoms with Crippen molar-refractivity contribution in [2.24, 2.45) is 5.41 Å². The number of hydrogen-bond acceptors (Lipinski definition) is 7. The summed E-state index contributed by atoms with van der Waals surface area (Å²) in [7, 11) is 1.53. The summed E-state index contributed by atoms with van der Waals surface area (Å²) in [6.07, 6.45) is 4.51. The summed E-state index contributed by atoms with van der Waals surface area (Å²) in [5.41, 5.74) is 0.181. The van der Waals surface area contributed by atoms with Crippen molar-refractivity contribution < 1.29 is 90.9 Å². The molecule has 0 saturated heterocycles. The molecule has 0 bridgehead atoms. The Morgan fingerprint density at radius 1 is 0.913 bits per heavy atom. The van der Waals surface area contributed by atoms with Crippen LogP contribution in [0.5, 0.6) is 23.0 Å². The Balaban J connectivity index is 0.00000300. The molecule has 3 N–H and O–H groups in total. The summed E-state index contributed by atoms with van der Waals surface area (Å²) in [4.78, 5) is 41.1. The Kier molecular flexibility index (Phi) is 12.4. The zero-order chi connectivity index (χ0) is 32.0. The van der Waals surface area contributed by atoms with Crippen LogP contribution in [0.3, 0.4) is 0 Å². The number of nitrogens with one attached hydrogen (secondary N) is 2. The van der Waals surface area contributed by atoms with Gasteiger partial charge < -0.3 is 31.4 Å². The molecular formula is C33H32ClFKN3O7. The third-order valence-corrected chi connectivity index (χ3v) is 7.71. The molecule has 0 spiro atoms.